The van der Waals surface area contributed by atoms with Crippen LogP contribution < -0.4 is 0 Å². The summed E-state index contributed by atoms with van der Waals surface area (Å²) in [5.74, 6) is 2.43. The van der Waals surface area contributed by atoms with Crippen LogP contribution in [0.1, 0.15) is 34.2 Å². The van der Waals surface area contributed by atoms with Gasteiger partial charge in [-0.3, -0.25) is 0 Å². The summed E-state index contributed by atoms with van der Waals surface area (Å²) in [6.07, 6.45) is 2.51. The van der Waals surface area contributed by atoms with Gasteiger partial charge in [0.1, 0.15) is 5.82 Å². The Hall–Kier alpha value is -1.10. The molecule has 0 radical (unpaired) electrons. The highest BCUT2D eigenvalue weighted by Gasteiger charge is 2.21. The van der Waals surface area contributed by atoms with Crippen LogP contribution in [0, 0.1) is 6.92 Å². The largest absolute Gasteiger partial charge is 0.478 e. The second-order valence-corrected chi connectivity index (χ2v) is 4.74. The molecule has 1 N–H and O–H groups in total. The number of hydrogen-bond acceptors (Lipinski definition) is 4. The first kappa shape index (κ1) is 10.4. The maximum atomic E-state index is 10.8. The summed E-state index contributed by atoms with van der Waals surface area (Å²) < 4.78 is 0. The molecule has 2 rings (SSSR count). The lowest BCUT2D eigenvalue weighted by molar-refractivity contribution is 0.0695. The maximum Gasteiger partial charge on any atom is 0.339 e. The molecule has 0 saturated carbocycles. The molecule has 1 saturated heterocycles. The standard InChI is InChI=1S/C10H12N2O2S/c1-6-8(10(13)14)4-11-9(12-6)7-2-3-15-5-7/h4,7H,2-3,5H2,1H3,(H,13,14). The predicted octanol–water partition coefficient (Wildman–Crippen LogP) is 1.70. The van der Waals surface area contributed by atoms with E-state index in [4.69, 9.17) is 5.11 Å². The van der Waals surface area contributed by atoms with Crippen molar-refractivity contribution in [2.24, 2.45) is 0 Å². The van der Waals surface area contributed by atoms with Crippen LogP contribution >= 0.6 is 11.8 Å². The van der Waals surface area contributed by atoms with Crippen molar-refractivity contribution in [1.82, 2.24) is 9.97 Å². The lowest BCUT2D eigenvalue weighted by Gasteiger charge is -2.08. The van der Waals surface area contributed by atoms with E-state index in [0.717, 1.165) is 23.8 Å². The molecule has 0 amide bonds. The van der Waals surface area contributed by atoms with Gasteiger partial charge in [0.2, 0.25) is 0 Å². The van der Waals surface area contributed by atoms with E-state index in [2.05, 4.69) is 9.97 Å². The molecule has 80 valence electrons. The molecule has 0 spiro atoms. The second-order valence-electron chi connectivity index (χ2n) is 3.59. The summed E-state index contributed by atoms with van der Waals surface area (Å²) in [5.41, 5.74) is 0.758. The van der Waals surface area contributed by atoms with Gasteiger partial charge in [0.05, 0.1) is 11.3 Å². The van der Waals surface area contributed by atoms with Gasteiger partial charge in [-0.25, -0.2) is 14.8 Å². The SMILES string of the molecule is Cc1nc(C2CCSC2)ncc1C(=O)O. The lowest BCUT2D eigenvalue weighted by atomic mass is 10.1. The first-order chi connectivity index (χ1) is 7.18. The van der Waals surface area contributed by atoms with Crippen molar-refractivity contribution in [3.8, 4) is 0 Å². The Bertz CT molecular complexity index is 389. The molecule has 1 aromatic rings. The van der Waals surface area contributed by atoms with Crippen molar-refractivity contribution >= 4 is 17.7 Å². The van der Waals surface area contributed by atoms with Crippen LogP contribution in [0.2, 0.25) is 0 Å². The van der Waals surface area contributed by atoms with Crippen LogP contribution in [0.5, 0.6) is 0 Å². The number of carbonyl (C=O) groups is 1. The Morgan fingerprint density at radius 2 is 2.47 bits per heavy atom. The number of carboxylic acid groups (broad SMARTS) is 1. The van der Waals surface area contributed by atoms with Crippen LogP contribution in [0.4, 0.5) is 0 Å². The Morgan fingerprint density at radius 1 is 1.67 bits per heavy atom. The summed E-state index contributed by atoms with van der Waals surface area (Å²) in [4.78, 5) is 19.2. The van der Waals surface area contributed by atoms with Gasteiger partial charge < -0.3 is 5.11 Å². The summed E-state index contributed by atoms with van der Waals surface area (Å²) in [6.45, 7) is 1.72. The number of rotatable bonds is 2. The number of aromatic nitrogens is 2. The van der Waals surface area contributed by atoms with E-state index in [0.29, 0.717) is 11.6 Å². The molecular weight excluding hydrogens is 212 g/mol. The van der Waals surface area contributed by atoms with Gasteiger partial charge in [0.25, 0.3) is 0 Å². The van der Waals surface area contributed by atoms with E-state index in [1.54, 1.807) is 6.92 Å². The van der Waals surface area contributed by atoms with Crippen molar-refractivity contribution < 1.29 is 9.90 Å². The number of aromatic carboxylic acids is 1. The Kier molecular flexibility index (Phi) is 2.90. The van der Waals surface area contributed by atoms with E-state index in [-0.39, 0.29) is 5.56 Å². The van der Waals surface area contributed by atoms with Gasteiger partial charge >= 0.3 is 5.97 Å². The Balaban J connectivity index is 2.28. The molecule has 1 aliphatic heterocycles. The average molecular weight is 224 g/mol. The zero-order valence-corrected chi connectivity index (χ0v) is 9.25. The van der Waals surface area contributed by atoms with Crippen LogP contribution in [0.3, 0.4) is 0 Å². The lowest BCUT2D eigenvalue weighted by Crippen LogP contribution is -2.09. The number of aryl methyl sites for hydroxylation is 1. The second kappa shape index (κ2) is 4.18. The van der Waals surface area contributed by atoms with Crippen molar-refractivity contribution in [3.63, 3.8) is 0 Å². The number of hydrogen-bond donors (Lipinski definition) is 1. The van der Waals surface area contributed by atoms with Crippen LogP contribution in [-0.4, -0.2) is 32.5 Å². The highest BCUT2D eigenvalue weighted by molar-refractivity contribution is 7.99. The molecule has 1 aromatic heterocycles. The molecule has 1 fully saturated rings. The quantitative estimate of drug-likeness (QED) is 0.828. The fourth-order valence-electron chi connectivity index (χ4n) is 1.63. The smallest absolute Gasteiger partial charge is 0.339 e. The maximum absolute atomic E-state index is 10.8. The molecule has 1 atom stereocenters. The first-order valence-corrected chi connectivity index (χ1v) is 5.98. The van der Waals surface area contributed by atoms with Crippen LogP contribution in [0.25, 0.3) is 0 Å². The van der Waals surface area contributed by atoms with Gasteiger partial charge in [0.15, 0.2) is 0 Å². The molecule has 15 heavy (non-hydrogen) atoms. The third kappa shape index (κ3) is 2.12. The number of thioether (sulfide) groups is 1. The number of carboxylic acids is 1. The normalized spacial score (nSPS) is 20.5. The van der Waals surface area contributed by atoms with Crippen LogP contribution in [0.15, 0.2) is 6.20 Å². The minimum atomic E-state index is -0.958. The third-order valence-electron chi connectivity index (χ3n) is 2.52. The molecule has 0 bridgehead atoms. The van der Waals surface area contributed by atoms with Gasteiger partial charge in [-0.2, -0.15) is 11.8 Å². The van der Waals surface area contributed by atoms with Crippen molar-refractivity contribution in [2.75, 3.05) is 11.5 Å². The van der Waals surface area contributed by atoms with Crippen molar-refractivity contribution in [3.05, 3.63) is 23.3 Å². The summed E-state index contributed by atoms with van der Waals surface area (Å²) in [7, 11) is 0. The molecule has 1 unspecified atom stereocenters. The average Bonchev–Trinajstić information content (AvgIpc) is 2.69. The zero-order valence-electron chi connectivity index (χ0n) is 8.43. The minimum absolute atomic E-state index is 0.199. The predicted molar refractivity (Wildman–Crippen MR) is 58.4 cm³/mol. The molecule has 5 heteroatoms. The van der Waals surface area contributed by atoms with Crippen molar-refractivity contribution in [2.45, 2.75) is 19.3 Å². The third-order valence-corrected chi connectivity index (χ3v) is 3.69. The Morgan fingerprint density at radius 3 is 3.00 bits per heavy atom. The molecular formula is C10H12N2O2S. The summed E-state index contributed by atoms with van der Waals surface area (Å²) in [6, 6.07) is 0. The summed E-state index contributed by atoms with van der Waals surface area (Å²) >= 11 is 1.90. The van der Waals surface area contributed by atoms with E-state index in [1.807, 2.05) is 11.8 Å². The van der Waals surface area contributed by atoms with Crippen molar-refractivity contribution in [1.29, 1.82) is 0 Å². The molecule has 4 nitrogen and oxygen atoms in total. The van der Waals surface area contributed by atoms with Crippen LogP contribution in [-0.2, 0) is 0 Å². The molecule has 2 heterocycles. The monoisotopic (exact) mass is 224 g/mol. The fourth-order valence-corrected chi connectivity index (χ4v) is 2.85. The molecule has 0 aliphatic carbocycles. The van der Waals surface area contributed by atoms with E-state index >= 15 is 0 Å². The molecule has 0 aromatic carbocycles. The Labute approximate surface area is 92.1 Å². The van der Waals surface area contributed by atoms with E-state index in [1.165, 1.54) is 6.20 Å². The van der Waals surface area contributed by atoms with Gasteiger partial charge in [-0.05, 0) is 19.1 Å². The van der Waals surface area contributed by atoms with E-state index < -0.39 is 5.97 Å². The first-order valence-electron chi connectivity index (χ1n) is 4.83. The van der Waals surface area contributed by atoms with Gasteiger partial charge in [-0.1, -0.05) is 0 Å². The topological polar surface area (TPSA) is 63.1 Å². The fraction of sp³-hybridized carbons (Fsp3) is 0.500. The van der Waals surface area contributed by atoms with Gasteiger partial charge in [0, 0.05) is 17.9 Å². The molecule has 1 aliphatic rings. The highest BCUT2D eigenvalue weighted by Crippen LogP contribution is 2.30. The minimum Gasteiger partial charge on any atom is -0.478 e. The summed E-state index contributed by atoms with van der Waals surface area (Å²) in [5, 5.41) is 8.84. The zero-order chi connectivity index (χ0) is 10.8. The van der Waals surface area contributed by atoms with E-state index in [9.17, 15) is 4.79 Å². The highest BCUT2D eigenvalue weighted by atomic mass is 32.2. The van der Waals surface area contributed by atoms with Gasteiger partial charge in [-0.15, -0.1) is 0 Å². The number of nitrogens with zero attached hydrogens (tertiary/aromatic N) is 2.